The quantitative estimate of drug-likeness (QED) is 0.352. The third kappa shape index (κ3) is 4.10. The number of nitrogens with one attached hydrogen (secondary N) is 2. The van der Waals surface area contributed by atoms with Gasteiger partial charge in [0.2, 0.25) is 5.91 Å². The molecule has 2 heterocycles. The highest BCUT2D eigenvalue weighted by molar-refractivity contribution is 6.43. The molecule has 0 spiro atoms. The van der Waals surface area contributed by atoms with Gasteiger partial charge in [-0.25, -0.2) is 5.43 Å². The number of carbonyl (C=O) groups excluding carboxylic acids is 2. The van der Waals surface area contributed by atoms with Crippen LogP contribution in [0.1, 0.15) is 17.2 Å². The van der Waals surface area contributed by atoms with Gasteiger partial charge in [-0.1, -0.05) is 59.6 Å². The molecule has 2 atom stereocenters. The second kappa shape index (κ2) is 8.73. The van der Waals surface area contributed by atoms with Gasteiger partial charge in [0, 0.05) is 18.0 Å². The minimum absolute atomic E-state index is 0.242. The maximum atomic E-state index is 12.6. The molecule has 0 saturated carbocycles. The van der Waals surface area contributed by atoms with Crippen molar-refractivity contribution in [1.29, 1.82) is 0 Å². The van der Waals surface area contributed by atoms with Crippen molar-refractivity contribution in [3.8, 4) is 11.3 Å². The Kier molecular flexibility index (Phi) is 5.88. The molecule has 1 aromatic heterocycles. The largest absolute Gasteiger partial charge is 0.455 e. The Morgan fingerprint density at radius 1 is 1.10 bits per heavy atom. The number of nitrogens with zero attached hydrogens (tertiary/aromatic N) is 1. The molecule has 1 aliphatic heterocycles. The molecule has 0 radical (unpaired) electrons. The zero-order chi connectivity index (χ0) is 21.1. The molecular formula is C22H17Cl2N3O3. The van der Waals surface area contributed by atoms with Crippen LogP contribution in [0.4, 0.5) is 0 Å². The monoisotopic (exact) mass is 441 g/mol. The smallest absolute Gasteiger partial charge is 0.253 e. The first-order valence-electron chi connectivity index (χ1n) is 9.24. The van der Waals surface area contributed by atoms with Gasteiger partial charge >= 0.3 is 0 Å². The van der Waals surface area contributed by atoms with E-state index in [4.69, 9.17) is 27.6 Å². The standard InChI is InChI=1S/C22H17Cl2N3O3/c23-17-8-4-7-15(20(17)24)18-10-9-14(30-18)11-26-27-22(29)19-16(12-25-21(19)28)13-5-2-1-3-6-13/h1-11,16,19H,12H2,(H,25,28)(H,27,29)/b26-11-/t16-,19-/m1/s1. The number of benzene rings is 2. The lowest BCUT2D eigenvalue weighted by atomic mass is 9.88. The highest BCUT2D eigenvalue weighted by atomic mass is 35.5. The molecule has 30 heavy (non-hydrogen) atoms. The van der Waals surface area contributed by atoms with E-state index >= 15 is 0 Å². The van der Waals surface area contributed by atoms with Crippen LogP contribution >= 0.6 is 23.2 Å². The number of halogens is 2. The van der Waals surface area contributed by atoms with Crippen molar-refractivity contribution in [2.24, 2.45) is 11.0 Å². The van der Waals surface area contributed by atoms with E-state index in [1.165, 1.54) is 6.21 Å². The number of carbonyl (C=O) groups is 2. The fourth-order valence-corrected chi connectivity index (χ4v) is 3.82. The van der Waals surface area contributed by atoms with Gasteiger partial charge in [0.05, 0.1) is 16.3 Å². The molecule has 1 fully saturated rings. The van der Waals surface area contributed by atoms with E-state index in [-0.39, 0.29) is 11.8 Å². The maximum Gasteiger partial charge on any atom is 0.253 e. The molecule has 6 nitrogen and oxygen atoms in total. The number of furan rings is 1. The fraction of sp³-hybridized carbons (Fsp3) is 0.136. The Morgan fingerprint density at radius 3 is 2.70 bits per heavy atom. The van der Waals surface area contributed by atoms with Crippen LogP contribution in [0.5, 0.6) is 0 Å². The van der Waals surface area contributed by atoms with Gasteiger partial charge in [-0.2, -0.15) is 5.10 Å². The molecule has 0 bridgehead atoms. The van der Waals surface area contributed by atoms with E-state index in [0.29, 0.717) is 33.7 Å². The lowest BCUT2D eigenvalue weighted by Crippen LogP contribution is -2.34. The highest BCUT2D eigenvalue weighted by Crippen LogP contribution is 2.34. The molecule has 2 amide bonds. The minimum Gasteiger partial charge on any atom is -0.455 e. The second-order valence-electron chi connectivity index (χ2n) is 6.78. The summed E-state index contributed by atoms with van der Waals surface area (Å²) in [5.41, 5.74) is 4.01. The lowest BCUT2D eigenvalue weighted by molar-refractivity contribution is -0.133. The number of hydrazone groups is 1. The normalized spacial score (nSPS) is 18.5. The van der Waals surface area contributed by atoms with Gasteiger partial charge in [-0.15, -0.1) is 0 Å². The SMILES string of the molecule is O=C1NC[C@H](c2ccccc2)[C@H]1C(=O)N/N=C\c1ccc(-c2cccc(Cl)c2Cl)o1. The van der Waals surface area contributed by atoms with Crippen molar-refractivity contribution in [3.05, 3.63) is 82.0 Å². The zero-order valence-corrected chi connectivity index (χ0v) is 17.2. The van der Waals surface area contributed by atoms with Gasteiger partial charge < -0.3 is 9.73 Å². The van der Waals surface area contributed by atoms with Crippen LogP contribution in [0.15, 0.2) is 70.2 Å². The summed E-state index contributed by atoms with van der Waals surface area (Å²) in [6, 6.07) is 18.1. The Bertz CT molecular complexity index is 1110. The van der Waals surface area contributed by atoms with Crippen LogP contribution in [-0.4, -0.2) is 24.6 Å². The van der Waals surface area contributed by atoms with Gasteiger partial charge in [0.25, 0.3) is 5.91 Å². The molecule has 4 rings (SSSR count). The zero-order valence-electron chi connectivity index (χ0n) is 15.6. The fourth-order valence-electron chi connectivity index (χ4n) is 3.42. The molecule has 2 N–H and O–H groups in total. The van der Waals surface area contributed by atoms with Crippen LogP contribution in [0.25, 0.3) is 11.3 Å². The Balaban J connectivity index is 1.44. The summed E-state index contributed by atoms with van der Waals surface area (Å²) in [6.07, 6.45) is 1.37. The minimum atomic E-state index is -0.845. The molecule has 1 aliphatic rings. The van der Waals surface area contributed by atoms with E-state index in [2.05, 4.69) is 15.8 Å². The average Bonchev–Trinajstić information content (AvgIpc) is 3.37. The van der Waals surface area contributed by atoms with Crippen LogP contribution in [0.3, 0.4) is 0 Å². The molecular weight excluding hydrogens is 425 g/mol. The predicted octanol–water partition coefficient (Wildman–Crippen LogP) is 4.23. The summed E-state index contributed by atoms with van der Waals surface area (Å²) < 4.78 is 5.70. The third-order valence-electron chi connectivity index (χ3n) is 4.90. The third-order valence-corrected chi connectivity index (χ3v) is 5.72. The van der Waals surface area contributed by atoms with E-state index in [9.17, 15) is 9.59 Å². The summed E-state index contributed by atoms with van der Waals surface area (Å²) in [4.78, 5) is 24.8. The number of hydrogen-bond acceptors (Lipinski definition) is 4. The van der Waals surface area contributed by atoms with Crippen molar-refractivity contribution >= 4 is 41.2 Å². The van der Waals surface area contributed by atoms with Crippen LogP contribution < -0.4 is 10.7 Å². The van der Waals surface area contributed by atoms with E-state index in [1.54, 1.807) is 30.3 Å². The molecule has 3 aromatic rings. The van der Waals surface area contributed by atoms with E-state index < -0.39 is 11.8 Å². The van der Waals surface area contributed by atoms with Crippen LogP contribution in [-0.2, 0) is 9.59 Å². The summed E-state index contributed by atoms with van der Waals surface area (Å²) in [7, 11) is 0. The first-order valence-corrected chi connectivity index (χ1v) is 10.00. The van der Waals surface area contributed by atoms with Crippen molar-refractivity contribution in [2.45, 2.75) is 5.92 Å². The topological polar surface area (TPSA) is 83.7 Å². The van der Waals surface area contributed by atoms with E-state index in [0.717, 1.165) is 5.56 Å². The molecule has 152 valence electrons. The Labute approximate surface area is 182 Å². The lowest BCUT2D eigenvalue weighted by Gasteiger charge is -2.15. The molecule has 0 aliphatic carbocycles. The summed E-state index contributed by atoms with van der Waals surface area (Å²) >= 11 is 12.3. The van der Waals surface area contributed by atoms with Crippen LogP contribution in [0, 0.1) is 5.92 Å². The van der Waals surface area contributed by atoms with Gasteiger partial charge in [-0.3, -0.25) is 9.59 Å². The molecule has 0 unspecified atom stereocenters. The predicted molar refractivity (Wildman–Crippen MR) is 116 cm³/mol. The van der Waals surface area contributed by atoms with E-state index in [1.807, 2.05) is 30.3 Å². The second-order valence-corrected chi connectivity index (χ2v) is 7.56. The molecule has 1 saturated heterocycles. The van der Waals surface area contributed by atoms with Crippen LogP contribution in [0.2, 0.25) is 10.0 Å². The number of amides is 2. The summed E-state index contributed by atoms with van der Waals surface area (Å²) in [5.74, 6) is -0.935. The van der Waals surface area contributed by atoms with Crippen molar-refractivity contribution in [3.63, 3.8) is 0 Å². The Morgan fingerprint density at radius 2 is 1.90 bits per heavy atom. The summed E-state index contributed by atoms with van der Waals surface area (Å²) in [5, 5.41) is 7.50. The van der Waals surface area contributed by atoms with Crippen molar-refractivity contribution in [2.75, 3.05) is 6.54 Å². The van der Waals surface area contributed by atoms with Gasteiger partial charge in [-0.05, 0) is 29.8 Å². The van der Waals surface area contributed by atoms with Gasteiger partial charge in [0.1, 0.15) is 17.4 Å². The summed E-state index contributed by atoms with van der Waals surface area (Å²) in [6.45, 7) is 0.409. The number of hydrogen-bond donors (Lipinski definition) is 2. The first-order chi connectivity index (χ1) is 14.5. The van der Waals surface area contributed by atoms with Gasteiger partial charge in [0.15, 0.2) is 0 Å². The van der Waals surface area contributed by atoms with Crippen molar-refractivity contribution < 1.29 is 14.0 Å². The molecule has 8 heteroatoms. The number of rotatable bonds is 5. The van der Waals surface area contributed by atoms with Crippen molar-refractivity contribution in [1.82, 2.24) is 10.7 Å². The average molecular weight is 442 g/mol. The maximum absolute atomic E-state index is 12.6. The highest BCUT2D eigenvalue weighted by Gasteiger charge is 2.40. The first kappa shape index (κ1) is 20.2. The molecule has 2 aromatic carbocycles. The Hall–Kier alpha value is -3.09.